The molecule has 0 unspecified atom stereocenters. The minimum absolute atomic E-state index is 0.148. The number of hydrogen-bond acceptors (Lipinski definition) is 5. The number of nitrogens with one attached hydrogen (secondary N) is 2. The van der Waals surface area contributed by atoms with Gasteiger partial charge in [0.25, 0.3) is 5.91 Å². The van der Waals surface area contributed by atoms with Gasteiger partial charge in [0.05, 0.1) is 12.2 Å². The van der Waals surface area contributed by atoms with Gasteiger partial charge in [-0.1, -0.05) is 46.1 Å². The van der Waals surface area contributed by atoms with Crippen LogP contribution in [-0.2, 0) is 9.53 Å². The Kier molecular flexibility index (Phi) is 10.8. The average molecular weight is 471 g/mol. The molecule has 7 heteroatoms. The van der Waals surface area contributed by atoms with Crippen LogP contribution in [0.1, 0.15) is 73.9 Å². The van der Waals surface area contributed by atoms with Gasteiger partial charge < -0.3 is 14.8 Å². The highest BCUT2D eigenvalue weighted by Crippen LogP contribution is 2.23. The van der Waals surface area contributed by atoms with Crippen LogP contribution in [0.25, 0.3) is 0 Å². The van der Waals surface area contributed by atoms with Crippen molar-refractivity contribution in [1.82, 2.24) is 5.32 Å². The molecule has 0 saturated heterocycles. The van der Waals surface area contributed by atoms with E-state index in [0.29, 0.717) is 29.5 Å². The van der Waals surface area contributed by atoms with Crippen LogP contribution in [0.2, 0.25) is 0 Å². The van der Waals surface area contributed by atoms with Crippen molar-refractivity contribution in [2.45, 2.75) is 59.3 Å². The number of thiocarbonyl (C=S) groups is 1. The third-order valence-corrected chi connectivity index (χ3v) is 5.30. The molecule has 2 N–H and O–H groups in total. The van der Waals surface area contributed by atoms with Gasteiger partial charge in [-0.05, 0) is 79.0 Å². The minimum atomic E-state index is -0.360. The molecule has 0 aliphatic heterocycles. The quantitative estimate of drug-likeness (QED) is 0.247. The minimum Gasteiger partial charge on any atom is -0.484 e. The molecule has 0 atom stereocenters. The average Bonchev–Trinajstić information content (AvgIpc) is 2.77. The fraction of sp³-hybridized carbons (Fsp3) is 0.423. The van der Waals surface area contributed by atoms with E-state index in [2.05, 4.69) is 31.4 Å². The molecule has 178 valence electrons. The Labute approximate surface area is 202 Å². The second-order valence-electron chi connectivity index (χ2n) is 8.24. The number of benzene rings is 2. The number of esters is 1. The summed E-state index contributed by atoms with van der Waals surface area (Å²) in [5.74, 6) is 0.365. The number of anilines is 1. The van der Waals surface area contributed by atoms with Crippen LogP contribution in [0.4, 0.5) is 5.69 Å². The lowest BCUT2D eigenvalue weighted by Crippen LogP contribution is -2.37. The molecule has 0 bridgehead atoms. The van der Waals surface area contributed by atoms with Gasteiger partial charge in [0.2, 0.25) is 0 Å². The molecule has 0 fully saturated rings. The summed E-state index contributed by atoms with van der Waals surface area (Å²) in [4.78, 5) is 24.2. The molecule has 0 aliphatic carbocycles. The van der Waals surface area contributed by atoms with Crippen molar-refractivity contribution in [2.24, 2.45) is 0 Å². The van der Waals surface area contributed by atoms with Gasteiger partial charge in [-0.2, -0.15) is 0 Å². The third kappa shape index (κ3) is 9.22. The van der Waals surface area contributed by atoms with Gasteiger partial charge in [0, 0.05) is 5.69 Å². The highest BCUT2D eigenvalue weighted by molar-refractivity contribution is 7.80. The molecular formula is C26H34N2O4S. The van der Waals surface area contributed by atoms with Gasteiger partial charge in [-0.3, -0.25) is 10.1 Å². The lowest BCUT2D eigenvalue weighted by Gasteiger charge is -2.13. The molecule has 0 aromatic heterocycles. The Balaban J connectivity index is 1.75. The molecule has 2 rings (SSSR count). The molecule has 1 amide bonds. The maximum Gasteiger partial charge on any atom is 0.338 e. The zero-order chi connectivity index (χ0) is 24.2. The summed E-state index contributed by atoms with van der Waals surface area (Å²) in [6, 6.07) is 12.6. The van der Waals surface area contributed by atoms with Gasteiger partial charge in [0.1, 0.15) is 5.75 Å². The zero-order valence-electron chi connectivity index (χ0n) is 19.9. The van der Waals surface area contributed by atoms with E-state index in [9.17, 15) is 9.59 Å². The van der Waals surface area contributed by atoms with Crippen molar-refractivity contribution in [3.63, 3.8) is 0 Å². The van der Waals surface area contributed by atoms with Crippen LogP contribution >= 0.6 is 12.2 Å². The van der Waals surface area contributed by atoms with E-state index in [1.807, 2.05) is 25.1 Å². The Morgan fingerprint density at radius 1 is 1.03 bits per heavy atom. The molecule has 0 saturated carbocycles. The highest BCUT2D eigenvalue weighted by Gasteiger charge is 2.10. The number of carbonyl (C=O) groups is 2. The van der Waals surface area contributed by atoms with Gasteiger partial charge in [-0.15, -0.1) is 0 Å². The molecule has 0 spiro atoms. The van der Waals surface area contributed by atoms with Crippen molar-refractivity contribution in [3.8, 4) is 5.75 Å². The first-order valence-corrected chi connectivity index (χ1v) is 11.8. The Bertz CT molecular complexity index is 942. The van der Waals surface area contributed by atoms with Crippen molar-refractivity contribution < 1.29 is 19.1 Å². The van der Waals surface area contributed by atoms with Crippen LogP contribution in [-0.4, -0.2) is 30.2 Å². The van der Waals surface area contributed by atoms with Crippen LogP contribution in [0.15, 0.2) is 42.5 Å². The van der Waals surface area contributed by atoms with Crippen LogP contribution in [0.3, 0.4) is 0 Å². The number of unbranched alkanes of at least 4 members (excludes halogenated alkanes) is 3. The van der Waals surface area contributed by atoms with E-state index in [4.69, 9.17) is 21.7 Å². The highest BCUT2D eigenvalue weighted by atomic mass is 32.1. The number of aryl methyl sites for hydroxylation is 1. The summed E-state index contributed by atoms with van der Waals surface area (Å²) < 4.78 is 10.9. The van der Waals surface area contributed by atoms with Gasteiger partial charge in [-0.25, -0.2) is 4.79 Å². The van der Waals surface area contributed by atoms with E-state index < -0.39 is 0 Å². The number of ether oxygens (including phenoxy) is 2. The van der Waals surface area contributed by atoms with Crippen LogP contribution < -0.4 is 15.4 Å². The topological polar surface area (TPSA) is 76.7 Å². The fourth-order valence-corrected chi connectivity index (χ4v) is 3.56. The Morgan fingerprint density at radius 2 is 1.76 bits per heavy atom. The number of rotatable bonds is 11. The second-order valence-corrected chi connectivity index (χ2v) is 8.65. The monoisotopic (exact) mass is 470 g/mol. The van der Waals surface area contributed by atoms with Crippen molar-refractivity contribution in [1.29, 1.82) is 0 Å². The molecule has 33 heavy (non-hydrogen) atoms. The van der Waals surface area contributed by atoms with Gasteiger partial charge in [0.15, 0.2) is 11.7 Å². The molecular weight excluding hydrogens is 436 g/mol. The van der Waals surface area contributed by atoms with Crippen LogP contribution in [0, 0.1) is 6.92 Å². The molecule has 6 nitrogen and oxygen atoms in total. The first-order chi connectivity index (χ1) is 15.8. The number of amides is 1. The summed E-state index contributed by atoms with van der Waals surface area (Å²) in [5.41, 5.74) is 3.51. The molecule has 0 heterocycles. The van der Waals surface area contributed by atoms with Gasteiger partial charge >= 0.3 is 5.97 Å². The van der Waals surface area contributed by atoms with Crippen molar-refractivity contribution >= 4 is 34.9 Å². The van der Waals surface area contributed by atoms with Crippen molar-refractivity contribution in [2.75, 3.05) is 18.5 Å². The van der Waals surface area contributed by atoms with Crippen LogP contribution in [0.5, 0.6) is 5.75 Å². The summed E-state index contributed by atoms with van der Waals surface area (Å²) >= 11 is 5.20. The predicted octanol–water partition coefficient (Wildman–Crippen LogP) is 5.75. The standard InChI is InChI=1S/C26H34N2O4S/c1-5-6-7-8-15-31-25(30)20-9-11-21(12-10-20)27-26(33)28-24(29)17-32-22-13-14-23(18(2)3)19(4)16-22/h9-14,16,18H,5-8,15,17H2,1-4H3,(H2,27,28,29,33). The number of carbonyl (C=O) groups excluding carboxylic acids is 2. The summed E-state index contributed by atoms with van der Waals surface area (Å²) in [6.07, 6.45) is 4.22. The molecule has 0 radical (unpaired) electrons. The van der Waals surface area contributed by atoms with E-state index in [1.54, 1.807) is 24.3 Å². The normalized spacial score (nSPS) is 10.6. The largest absolute Gasteiger partial charge is 0.484 e. The first kappa shape index (κ1) is 26.3. The lowest BCUT2D eigenvalue weighted by atomic mass is 9.98. The summed E-state index contributed by atoms with van der Waals surface area (Å²) in [7, 11) is 0. The van der Waals surface area contributed by atoms with Crippen molar-refractivity contribution in [3.05, 3.63) is 59.2 Å². The maximum absolute atomic E-state index is 12.2. The van der Waals surface area contributed by atoms with E-state index in [0.717, 1.165) is 31.2 Å². The summed E-state index contributed by atoms with van der Waals surface area (Å²) in [5, 5.41) is 5.67. The molecule has 2 aromatic carbocycles. The van der Waals surface area contributed by atoms with E-state index in [1.165, 1.54) is 5.56 Å². The third-order valence-electron chi connectivity index (χ3n) is 5.10. The number of hydrogen-bond donors (Lipinski definition) is 2. The first-order valence-electron chi connectivity index (χ1n) is 11.4. The molecule has 0 aliphatic rings. The second kappa shape index (κ2) is 13.6. The zero-order valence-corrected chi connectivity index (χ0v) is 20.7. The Hall–Kier alpha value is -2.93. The summed E-state index contributed by atoms with van der Waals surface area (Å²) in [6.45, 7) is 8.72. The van der Waals surface area contributed by atoms with E-state index in [-0.39, 0.29) is 23.6 Å². The van der Waals surface area contributed by atoms with E-state index >= 15 is 0 Å². The SMILES string of the molecule is CCCCCCOC(=O)c1ccc(NC(=S)NC(=O)COc2ccc(C(C)C)c(C)c2)cc1. The smallest absolute Gasteiger partial charge is 0.338 e. The lowest BCUT2D eigenvalue weighted by molar-refractivity contribution is -0.121. The fourth-order valence-electron chi connectivity index (χ4n) is 3.33. The molecule has 2 aromatic rings. The maximum atomic E-state index is 12.2. The Morgan fingerprint density at radius 3 is 2.39 bits per heavy atom. The predicted molar refractivity (Wildman–Crippen MR) is 136 cm³/mol.